The van der Waals surface area contributed by atoms with E-state index < -0.39 is 12.1 Å². The predicted octanol–water partition coefficient (Wildman–Crippen LogP) is 5.34. The molecule has 0 aromatic heterocycles. The van der Waals surface area contributed by atoms with Crippen molar-refractivity contribution in [3.8, 4) is 29.1 Å². The molecule has 0 saturated carbocycles. The van der Waals surface area contributed by atoms with Gasteiger partial charge in [0.2, 0.25) is 0 Å². The molecule has 1 N–H and O–H groups in total. The van der Waals surface area contributed by atoms with Crippen LogP contribution in [0, 0.1) is 17.1 Å². The zero-order valence-corrected chi connectivity index (χ0v) is 21.9. The van der Waals surface area contributed by atoms with Crippen LogP contribution in [-0.4, -0.2) is 48.9 Å². The first-order chi connectivity index (χ1) is 19.5. The Morgan fingerprint density at radius 1 is 1.12 bits per heavy atom. The van der Waals surface area contributed by atoms with E-state index in [1.807, 2.05) is 18.2 Å². The molecule has 8 nitrogen and oxygen atoms in total. The number of carboxylic acids is 1. The van der Waals surface area contributed by atoms with Crippen molar-refractivity contribution < 1.29 is 33.2 Å². The summed E-state index contributed by atoms with van der Waals surface area (Å²) in [6.45, 7) is 4.17. The minimum atomic E-state index is -0.872. The van der Waals surface area contributed by atoms with Crippen LogP contribution in [0.1, 0.15) is 52.7 Å². The lowest BCUT2D eigenvalue weighted by atomic mass is 9.98. The van der Waals surface area contributed by atoms with Crippen molar-refractivity contribution in [3.63, 3.8) is 0 Å². The summed E-state index contributed by atoms with van der Waals surface area (Å²) >= 11 is 0. The van der Waals surface area contributed by atoms with E-state index in [9.17, 15) is 10.1 Å². The highest BCUT2D eigenvalue weighted by Gasteiger charge is 2.32. The molecule has 3 aromatic rings. The van der Waals surface area contributed by atoms with Gasteiger partial charge in [0, 0.05) is 48.3 Å². The lowest BCUT2D eigenvalue weighted by molar-refractivity contribution is -0.137. The summed E-state index contributed by atoms with van der Waals surface area (Å²) in [6, 6.07) is 16.2. The van der Waals surface area contributed by atoms with Gasteiger partial charge in [0.1, 0.15) is 41.0 Å². The van der Waals surface area contributed by atoms with Crippen LogP contribution in [0.5, 0.6) is 23.0 Å². The highest BCUT2D eigenvalue weighted by molar-refractivity contribution is 5.69. The Labute approximate surface area is 231 Å². The molecule has 1 aliphatic carbocycles. The molecule has 0 radical (unpaired) electrons. The first-order valence-corrected chi connectivity index (χ1v) is 13.5. The second kappa shape index (κ2) is 11.2. The van der Waals surface area contributed by atoms with Gasteiger partial charge in [-0.2, -0.15) is 5.26 Å². The number of nitriles is 1. The Morgan fingerprint density at radius 3 is 2.75 bits per heavy atom. The molecule has 2 aliphatic heterocycles. The summed E-state index contributed by atoms with van der Waals surface area (Å²) in [4.78, 5) is 13.4. The van der Waals surface area contributed by atoms with Gasteiger partial charge in [-0.25, -0.2) is 4.39 Å². The van der Waals surface area contributed by atoms with Crippen LogP contribution in [0.25, 0.3) is 0 Å². The third kappa shape index (κ3) is 5.33. The normalized spacial score (nSPS) is 19.8. The van der Waals surface area contributed by atoms with Crippen molar-refractivity contribution in [1.82, 2.24) is 4.90 Å². The molecule has 0 bridgehead atoms. The third-order valence-corrected chi connectivity index (χ3v) is 7.70. The lowest BCUT2D eigenvalue weighted by Crippen LogP contribution is -2.35. The highest BCUT2D eigenvalue weighted by Crippen LogP contribution is 2.44. The van der Waals surface area contributed by atoms with Crippen LogP contribution >= 0.6 is 0 Å². The van der Waals surface area contributed by atoms with E-state index in [4.69, 9.17) is 24.1 Å². The molecular weight excluding hydrogens is 515 g/mol. The summed E-state index contributed by atoms with van der Waals surface area (Å²) < 4.78 is 38.6. The monoisotopic (exact) mass is 544 g/mol. The number of hydrogen-bond acceptors (Lipinski definition) is 7. The number of halogens is 1. The topological polar surface area (TPSA) is 101 Å². The molecule has 2 heterocycles. The van der Waals surface area contributed by atoms with E-state index in [0.29, 0.717) is 66.8 Å². The van der Waals surface area contributed by atoms with Crippen LogP contribution in [0.4, 0.5) is 4.39 Å². The lowest BCUT2D eigenvalue weighted by Gasteiger charge is -2.26. The molecule has 2 atom stereocenters. The molecule has 9 heteroatoms. The summed E-state index contributed by atoms with van der Waals surface area (Å²) in [7, 11) is 0. The van der Waals surface area contributed by atoms with E-state index in [1.165, 1.54) is 6.07 Å². The number of nitrogens with zero attached hydrogens (tertiary/aromatic N) is 2. The number of benzene rings is 3. The van der Waals surface area contributed by atoms with Crippen LogP contribution < -0.4 is 14.2 Å². The minimum Gasteiger partial charge on any atom is -0.492 e. The van der Waals surface area contributed by atoms with E-state index in [0.717, 1.165) is 36.3 Å². The van der Waals surface area contributed by atoms with Crippen molar-refractivity contribution in [1.29, 1.82) is 5.26 Å². The first kappa shape index (κ1) is 26.1. The Balaban J connectivity index is 1.19. The molecule has 1 fully saturated rings. The van der Waals surface area contributed by atoms with Gasteiger partial charge in [-0.3, -0.25) is 9.69 Å². The average Bonchev–Trinajstić information content (AvgIpc) is 3.56. The second-order valence-corrected chi connectivity index (χ2v) is 10.3. The molecule has 3 aliphatic rings. The fourth-order valence-corrected chi connectivity index (χ4v) is 5.72. The smallest absolute Gasteiger partial charge is 0.304 e. The first-order valence-electron chi connectivity index (χ1n) is 13.5. The van der Waals surface area contributed by atoms with E-state index in [2.05, 4.69) is 11.0 Å². The standard InChI is InChI=1S/C31H29FN2O6/c32-25-5-8-27(40-26-6-1-19(13-20(26)16-33)17-34-9-11-37-12-10-34)24-4-7-28(31(24)25)39-22-2-3-23-21(14-30(35)36)18-38-29(23)15-22/h1-3,5-6,8,13,15,21,28H,4,7,9-12,14,17-18H2,(H,35,36)/t21?,28-/m1/s1. The van der Waals surface area contributed by atoms with E-state index >= 15 is 4.39 Å². The Kier molecular flexibility index (Phi) is 7.29. The zero-order valence-electron chi connectivity index (χ0n) is 21.9. The van der Waals surface area contributed by atoms with Crippen LogP contribution in [0.2, 0.25) is 0 Å². The number of fused-ring (bicyclic) bond motifs is 2. The number of hydrogen-bond donors (Lipinski definition) is 1. The summed E-state index contributed by atoms with van der Waals surface area (Å²) in [5.74, 6) is 0.625. The maximum Gasteiger partial charge on any atom is 0.304 e. The fourth-order valence-electron chi connectivity index (χ4n) is 5.72. The molecule has 40 heavy (non-hydrogen) atoms. The number of morpholine rings is 1. The van der Waals surface area contributed by atoms with Gasteiger partial charge in [-0.05, 0) is 48.7 Å². The molecule has 1 unspecified atom stereocenters. The number of carbonyl (C=O) groups is 1. The van der Waals surface area contributed by atoms with E-state index in [1.54, 1.807) is 24.3 Å². The fraction of sp³-hybridized carbons (Fsp3) is 0.355. The zero-order chi connectivity index (χ0) is 27.6. The van der Waals surface area contributed by atoms with Crippen molar-refractivity contribution >= 4 is 5.97 Å². The van der Waals surface area contributed by atoms with Crippen LogP contribution in [0.3, 0.4) is 0 Å². The van der Waals surface area contributed by atoms with Gasteiger partial charge in [0.25, 0.3) is 0 Å². The van der Waals surface area contributed by atoms with Crippen molar-refractivity contribution in [3.05, 3.63) is 82.2 Å². The number of ether oxygens (including phenoxy) is 4. The van der Waals surface area contributed by atoms with Gasteiger partial charge in [-0.1, -0.05) is 12.1 Å². The van der Waals surface area contributed by atoms with Gasteiger partial charge in [-0.15, -0.1) is 0 Å². The van der Waals surface area contributed by atoms with Crippen molar-refractivity contribution in [2.24, 2.45) is 0 Å². The Bertz CT molecular complexity index is 1480. The van der Waals surface area contributed by atoms with Crippen molar-refractivity contribution in [2.45, 2.75) is 37.8 Å². The third-order valence-electron chi connectivity index (χ3n) is 7.70. The molecule has 6 rings (SSSR count). The van der Waals surface area contributed by atoms with Gasteiger partial charge < -0.3 is 24.1 Å². The van der Waals surface area contributed by atoms with Crippen LogP contribution in [0.15, 0.2) is 48.5 Å². The average molecular weight is 545 g/mol. The summed E-state index contributed by atoms with van der Waals surface area (Å²) in [6.07, 6.45) is 0.614. The Morgan fingerprint density at radius 2 is 1.95 bits per heavy atom. The minimum absolute atomic E-state index is 0.00130. The SMILES string of the molecule is N#Cc1cc(CN2CCOCC2)ccc1Oc1ccc(F)c2c1CC[C@H]2Oc1ccc2c(c1)OCC2CC(=O)O. The largest absolute Gasteiger partial charge is 0.492 e. The maximum atomic E-state index is 15.1. The molecule has 206 valence electrons. The molecule has 0 amide bonds. The summed E-state index contributed by atoms with van der Waals surface area (Å²) in [5.41, 5.74) is 3.47. The molecular formula is C31H29FN2O6. The van der Waals surface area contributed by atoms with Crippen LogP contribution in [-0.2, 0) is 22.5 Å². The predicted molar refractivity (Wildman–Crippen MR) is 142 cm³/mol. The maximum absolute atomic E-state index is 15.1. The molecule has 1 saturated heterocycles. The van der Waals surface area contributed by atoms with Gasteiger partial charge in [0.05, 0.1) is 31.8 Å². The number of rotatable bonds is 8. The summed E-state index contributed by atoms with van der Waals surface area (Å²) in [5, 5.41) is 18.9. The Hall–Kier alpha value is -4.13. The second-order valence-electron chi connectivity index (χ2n) is 10.3. The highest BCUT2D eigenvalue weighted by atomic mass is 19.1. The number of aliphatic carboxylic acids is 1. The molecule has 0 spiro atoms. The van der Waals surface area contributed by atoms with Gasteiger partial charge in [0.15, 0.2) is 0 Å². The van der Waals surface area contributed by atoms with Crippen molar-refractivity contribution in [2.75, 3.05) is 32.9 Å². The van der Waals surface area contributed by atoms with Gasteiger partial charge >= 0.3 is 5.97 Å². The quantitative estimate of drug-likeness (QED) is 0.406. The molecule has 3 aromatic carbocycles. The number of carboxylic acid groups (broad SMARTS) is 1. The van der Waals surface area contributed by atoms with E-state index in [-0.39, 0.29) is 18.2 Å².